The number of hydrogen-bond donors (Lipinski definition) is 2. The Morgan fingerprint density at radius 3 is 2.67 bits per heavy atom. The van der Waals surface area contributed by atoms with Gasteiger partial charge in [0.2, 0.25) is 5.91 Å². The molecule has 2 atom stereocenters. The fourth-order valence-corrected chi connectivity index (χ4v) is 1.60. The van der Waals surface area contributed by atoms with Gasteiger partial charge in [0, 0.05) is 13.7 Å². The van der Waals surface area contributed by atoms with Crippen LogP contribution in [0.3, 0.4) is 0 Å². The predicted octanol–water partition coefficient (Wildman–Crippen LogP) is 1.49. The minimum Gasteiger partial charge on any atom is -0.486 e. The lowest BCUT2D eigenvalue weighted by atomic mass is 10.2. The predicted molar refractivity (Wildman–Crippen MR) is 81.2 cm³/mol. The average Bonchev–Trinajstić information content (AvgIpc) is 2.45. The fourth-order valence-electron chi connectivity index (χ4n) is 1.60. The van der Waals surface area contributed by atoms with E-state index in [1.54, 1.807) is 25.1 Å². The number of nitrogens with two attached hydrogens (primary N) is 1. The van der Waals surface area contributed by atoms with Gasteiger partial charge in [-0.05, 0) is 19.1 Å². The van der Waals surface area contributed by atoms with E-state index in [1.807, 2.05) is 0 Å². The number of carbonyl (C=O) groups excluding carboxylic acids is 1. The molecule has 7 heteroatoms. The molecule has 0 bridgehead atoms. The van der Waals surface area contributed by atoms with E-state index >= 15 is 0 Å². The Balaban J connectivity index is 0.00000400. The van der Waals surface area contributed by atoms with Crippen LogP contribution in [0.4, 0.5) is 4.39 Å². The molecule has 1 rings (SSSR count). The smallest absolute Gasteiger partial charge is 0.222 e. The van der Waals surface area contributed by atoms with Crippen molar-refractivity contribution in [2.45, 2.75) is 25.6 Å². The fraction of sp³-hybridized carbons (Fsp3) is 0.500. The van der Waals surface area contributed by atoms with Crippen molar-refractivity contribution in [1.82, 2.24) is 5.32 Å². The lowest BCUT2D eigenvalue weighted by Gasteiger charge is -2.17. The standard InChI is InChI=1S/C14H21FN2O3.ClH/c1-10(20-13-6-4-3-5-12(13)15)9-17-14(18)7-11(8-16)19-2;/h3-6,10-11H,7-9,16H2,1-2H3,(H,17,18);1H. The molecule has 3 N–H and O–H groups in total. The molecule has 21 heavy (non-hydrogen) atoms. The molecule has 0 saturated carbocycles. The number of nitrogens with one attached hydrogen (secondary N) is 1. The van der Waals surface area contributed by atoms with Gasteiger partial charge in [0.05, 0.1) is 19.1 Å². The molecule has 1 aromatic rings. The third-order valence-electron chi connectivity index (χ3n) is 2.76. The quantitative estimate of drug-likeness (QED) is 0.761. The summed E-state index contributed by atoms with van der Waals surface area (Å²) < 4.78 is 23.8. The highest BCUT2D eigenvalue weighted by atomic mass is 35.5. The first-order chi connectivity index (χ1) is 9.56. The minimum atomic E-state index is -0.423. The molecule has 2 unspecified atom stereocenters. The van der Waals surface area contributed by atoms with Gasteiger partial charge in [-0.25, -0.2) is 4.39 Å². The number of benzene rings is 1. The maximum atomic E-state index is 13.4. The number of methoxy groups -OCH3 is 1. The maximum absolute atomic E-state index is 13.4. The van der Waals surface area contributed by atoms with Gasteiger partial charge in [-0.2, -0.15) is 0 Å². The van der Waals surface area contributed by atoms with Crippen molar-refractivity contribution in [3.63, 3.8) is 0 Å². The molecule has 0 radical (unpaired) electrons. The average molecular weight is 321 g/mol. The van der Waals surface area contributed by atoms with Crippen molar-refractivity contribution < 1.29 is 18.7 Å². The zero-order valence-corrected chi connectivity index (χ0v) is 13.0. The summed E-state index contributed by atoms with van der Waals surface area (Å²) in [7, 11) is 1.51. The molecule has 0 aromatic heterocycles. The Bertz CT molecular complexity index is 430. The van der Waals surface area contributed by atoms with Gasteiger partial charge in [-0.1, -0.05) is 12.1 Å². The summed E-state index contributed by atoms with van der Waals surface area (Å²) in [6.45, 7) is 2.32. The lowest BCUT2D eigenvalue weighted by Crippen LogP contribution is -2.37. The second-order valence-electron chi connectivity index (χ2n) is 4.46. The third-order valence-corrected chi connectivity index (χ3v) is 2.76. The van der Waals surface area contributed by atoms with Crippen molar-refractivity contribution in [1.29, 1.82) is 0 Å². The topological polar surface area (TPSA) is 73.6 Å². The zero-order valence-electron chi connectivity index (χ0n) is 12.2. The van der Waals surface area contributed by atoms with E-state index in [0.717, 1.165) is 0 Å². The van der Waals surface area contributed by atoms with Crippen LogP contribution >= 0.6 is 12.4 Å². The summed E-state index contributed by atoms with van der Waals surface area (Å²) in [5, 5.41) is 2.70. The van der Waals surface area contributed by atoms with Crippen molar-refractivity contribution >= 4 is 18.3 Å². The van der Waals surface area contributed by atoms with E-state index in [4.69, 9.17) is 15.2 Å². The van der Waals surface area contributed by atoms with Gasteiger partial charge in [0.25, 0.3) is 0 Å². The number of para-hydroxylation sites is 1. The molecule has 0 fully saturated rings. The Morgan fingerprint density at radius 1 is 1.43 bits per heavy atom. The number of carbonyl (C=O) groups is 1. The largest absolute Gasteiger partial charge is 0.486 e. The molecule has 0 aliphatic rings. The van der Waals surface area contributed by atoms with Crippen LogP contribution in [0.5, 0.6) is 5.75 Å². The monoisotopic (exact) mass is 320 g/mol. The van der Waals surface area contributed by atoms with Gasteiger partial charge >= 0.3 is 0 Å². The van der Waals surface area contributed by atoms with Crippen molar-refractivity contribution in [3.8, 4) is 5.75 Å². The summed E-state index contributed by atoms with van der Waals surface area (Å²) >= 11 is 0. The molecule has 5 nitrogen and oxygen atoms in total. The van der Waals surface area contributed by atoms with Crippen molar-refractivity contribution in [2.75, 3.05) is 20.2 Å². The van der Waals surface area contributed by atoms with E-state index < -0.39 is 5.82 Å². The highest BCUT2D eigenvalue weighted by molar-refractivity contribution is 5.85. The summed E-state index contributed by atoms with van der Waals surface area (Å²) in [6, 6.07) is 6.15. The normalized spacial score (nSPS) is 13.0. The molecular formula is C14H22ClFN2O3. The van der Waals surface area contributed by atoms with E-state index in [9.17, 15) is 9.18 Å². The third kappa shape index (κ3) is 7.27. The summed E-state index contributed by atoms with van der Waals surface area (Å²) in [5.41, 5.74) is 5.43. The van der Waals surface area contributed by atoms with Crippen LogP contribution in [0.15, 0.2) is 24.3 Å². The Kier molecular flexibility index (Phi) is 9.69. The van der Waals surface area contributed by atoms with Crippen LogP contribution in [0.2, 0.25) is 0 Å². The number of ether oxygens (including phenoxy) is 2. The molecule has 0 saturated heterocycles. The lowest BCUT2D eigenvalue weighted by molar-refractivity contribution is -0.123. The van der Waals surface area contributed by atoms with Crippen molar-refractivity contribution in [3.05, 3.63) is 30.1 Å². The summed E-state index contributed by atoms with van der Waals surface area (Å²) in [4.78, 5) is 11.6. The van der Waals surface area contributed by atoms with Gasteiger partial charge in [0.15, 0.2) is 11.6 Å². The SMILES string of the molecule is COC(CN)CC(=O)NCC(C)Oc1ccccc1F.Cl. The number of amides is 1. The Labute approximate surface area is 130 Å². The first-order valence-corrected chi connectivity index (χ1v) is 6.47. The summed E-state index contributed by atoms with van der Waals surface area (Å²) in [6.07, 6.45) is -0.438. The summed E-state index contributed by atoms with van der Waals surface area (Å²) in [5.74, 6) is -0.425. The highest BCUT2D eigenvalue weighted by Gasteiger charge is 2.13. The second kappa shape index (κ2) is 10.4. The van der Waals surface area contributed by atoms with Gasteiger partial charge in [0.1, 0.15) is 6.10 Å². The molecule has 0 spiro atoms. The highest BCUT2D eigenvalue weighted by Crippen LogP contribution is 2.16. The van der Waals surface area contributed by atoms with E-state index in [-0.39, 0.29) is 55.8 Å². The first kappa shape index (κ1) is 19.6. The van der Waals surface area contributed by atoms with Gasteiger partial charge in [-0.15, -0.1) is 12.4 Å². The van der Waals surface area contributed by atoms with E-state index in [1.165, 1.54) is 13.2 Å². The van der Waals surface area contributed by atoms with Crippen LogP contribution in [0.25, 0.3) is 0 Å². The second-order valence-corrected chi connectivity index (χ2v) is 4.46. The van der Waals surface area contributed by atoms with Crippen LogP contribution in [-0.4, -0.2) is 38.3 Å². The van der Waals surface area contributed by atoms with Crippen LogP contribution in [0, 0.1) is 5.82 Å². The van der Waals surface area contributed by atoms with E-state index in [2.05, 4.69) is 5.32 Å². The zero-order chi connectivity index (χ0) is 15.0. The van der Waals surface area contributed by atoms with Gasteiger partial charge in [-0.3, -0.25) is 4.79 Å². The van der Waals surface area contributed by atoms with Crippen molar-refractivity contribution in [2.24, 2.45) is 5.73 Å². The molecule has 0 aliphatic heterocycles. The number of hydrogen-bond acceptors (Lipinski definition) is 4. The maximum Gasteiger partial charge on any atom is 0.222 e. The molecule has 1 amide bonds. The molecule has 120 valence electrons. The molecule has 1 aromatic carbocycles. The number of rotatable bonds is 8. The van der Waals surface area contributed by atoms with Crippen LogP contribution in [-0.2, 0) is 9.53 Å². The first-order valence-electron chi connectivity index (χ1n) is 6.47. The van der Waals surface area contributed by atoms with Crippen LogP contribution in [0.1, 0.15) is 13.3 Å². The van der Waals surface area contributed by atoms with E-state index in [0.29, 0.717) is 0 Å². The molecule has 0 heterocycles. The Morgan fingerprint density at radius 2 is 2.10 bits per heavy atom. The Hall–Kier alpha value is -1.37. The number of halogens is 2. The van der Waals surface area contributed by atoms with Crippen LogP contribution < -0.4 is 15.8 Å². The minimum absolute atomic E-state index is 0. The molecule has 0 aliphatic carbocycles. The van der Waals surface area contributed by atoms with Gasteiger partial charge < -0.3 is 20.5 Å². The molecular weight excluding hydrogens is 299 g/mol.